The van der Waals surface area contributed by atoms with Gasteiger partial charge in [0.15, 0.2) is 11.5 Å². The third-order valence-electron chi connectivity index (χ3n) is 4.88. The van der Waals surface area contributed by atoms with Crippen molar-refractivity contribution in [1.29, 1.82) is 0 Å². The van der Waals surface area contributed by atoms with Gasteiger partial charge in [-0.15, -0.1) is 0 Å². The molecule has 23 heavy (non-hydrogen) atoms. The topological polar surface area (TPSA) is 21.7 Å². The lowest BCUT2D eigenvalue weighted by Gasteiger charge is -2.35. The molecule has 2 aliphatic rings. The highest BCUT2D eigenvalue weighted by Crippen LogP contribution is 2.41. The van der Waals surface area contributed by atoms with Crippen LogP contribution in [-0.2, 0) is 12.8 Å². The molecule has 4 rings (SSSR count). The second kappa shape index (κ2) is 5.85. The maximum absolute atomic E-state index is 13.0. The van der Waals surface area contributed by atoms with Gasteiger partial charge < -0.3 is 9.47 Å². The number of likely N-dealkylation sites (N-methyl/N-ethyl adjacent to an activating group) is 1. The Kier molecular flexibility index (Phi) is 3.69. The summed E-state index contributed by atoms with van der Waals surface area (Å²) < 4.78 is 24.1. The van der Waals surface area contributed by atoms with Crippen molar-refractivity contribution in [3.63, 3.8) is 0 Å². The number of benzene rings is 2. The van der Waals surface area contributed by atoms with Gasteiger partial charge in [0.2, 0.25) is 6.79 Å². The third-order valence-corrected chi connectivity index (χ3v) is 4.88. The molecule has 2 aromatic carbocycles. The number of ether oxygens (including phenoxy) is 2. The Morgan fingerprint density at radius 1 is 1.13 bits per heavy atom. The second-order valence-corrected chi connectivity index (χ2v) is 6.32. The van der Waals surface area contributed by atoms with Crippen molar-refractivity contribution in [2.45, 2.75) is 25.3 Å². The van der Waals surface area contributed by atoms with Crippen molar-refractivity contribution in [2.75, 3.05) is 20.4 Å². The molecule has 1 unspecified atom stereocenters. The number of hydrogen-bond donors (Lipinski definition) is 0. The minimum Gasteiger partial charge on any atom is -0.454 e. The van der Waals surface area contributed by atoms with E-state index in [1.54, 1.807) is 0 Å². The zero-order chi connectivity index (χ0) is 15.8. The lowest BCUT2D eigenvalue weighted by molar-refractivity contribution is 0.174. The van der Waals surface area contributed by atoms with E-state index in [2.05, 4.69) is 24.1 Å². The van der Waals surface area contributed by atoms with Crippen LogP contribution in [0.2, 0.25) is 0 Å². The molecule has 0 amide bonds. The molecule has 0 fully saturated rings. The number of fused-ring (bicyclic) bond motifs is 2. The van der Waals surface area contributed by atoms with E-state index < -0.39 is 0 Å². The summed E-state index contributed by atoms with van der Waals surface area (Å²) in [5.41, 5.74) is 3.87. The molecule has 1 atom stereocenters. The van der Waals surface area contributed by atoms with Crippen LogP contribution < -0.4 is 9.47 Å². The molecular weight excluding hydrogens is 293 g/mol. The van der Waals surface area contributed by atoms with E-state index in [0.29, 0.717) is 12.8 Å². The Morgan fingerprint density at radius 2 is 1.87 bits per heavy atom. The van der Waals surface area contributed by atoms with Crippen molar-refractivity contribution < 1.29 is 13.9 Å². The highest BCUT2D eigenvalue weighted by molar-refractivity contribution is 5.50. The molecule has 0 N–H and O–H groups in total. The average Bonchev–Trinajstić information content (AvgIpc) is 3.01. The molecule has 120 valence electrons. The Bertz CT molecular complexity index is 714. The van der Waals surface area contributed by atoms with Gasteiger partial charge in [-0.25, -0.2) is 4.39 Å². The van der Waals surface area contributed by atoms with Gasteiger partial charge >= 0.3 is 0 Å². The van der Waals surface area contributed by atoms with E-state index >= 15 is 0 Å². The van der Waals surface area contributed by atoms with Crippen molar-refractivity contribution in [3.8, 4) is 11.5 Å². The third kappa shape index (κ3) is 2.79. The summed E-state index contributed by atoms with van der Waals surface area (Å²) in [6, 6.07) is 11.5. The predicted molar refractivity (Wildman–Crippen MR) is 86.4 cm³/mol. The Morgan fingerprint density at radius 3 is 2.65 bits per heavy atom. The van der Waals surface area contributed by atoms with Gasteiger partial charge in [0, 0.05) is 12.6 Å². The van der Waals surface area contributed by atoms with Gasteiger partial charge in [0.1, 0.15) is 5.82 Å². The summed E-state index contributed by atoms with van der Waals surface area (Å²) in [5, 5.41) is 0. The summed E-state index contributed by atoms with van der Waals surface area (Å²) >= 11 is 0. The van der Waals surface area contributed by atoms with Gasteiger partial charge in [-0.1, -0.05) is 12.1 Å². The largest absolute Gasteiger partial charge is 0.454 e. The lowest BCUT2D eigenvalue weighted by Crippen LogP contribution is -2.32. The van der Waals surface area contributed by atoms with Gasteiger partial charge in [-0.2, -0.15) is 0 Å². The van der Waals surface area contributed by atoms with Gasteiger partial charge in [-0.05, 0) is 67.3 Å². The fraction of sp³-hybridized carbons (Fsp3) is 0.368. The summed E-state index contributed by atoms with van der Waals surface area (Å²) in [6.07, 6.45) is 2.98. The molecule has 0 saturated heterocycles. The van der Waals surface area contributed by atoms with E-state index in [0.717, 1.165) is 37.3 Å². The van der Waals surface area contributed by atoms with Crippen LogP contribution in [0.25, 0.3) is 0 Å². The fourth-order valence-electron chi connectivity index (χ4n) is 3.55. The number of aryl methyl sites for hydroxylation is 1. The van der Waals surface area contributed by atoms with E-state index in [4.69, 9.17) is 9.47 Å². The van der Waals surface area contributed by atoms with E-state index in [1.165, 1.54) is 28.8 Å². The highest BCUT2D eigenvalue weighted by Gasteiger charge is 2.28. The second-order valence-electron chi connectivity index (χ2n) is 6.32. The molecule has 2 aromatic rings. The van der Waals surface area contributed by atoms with Gasteiger partial charge in [-0.3, -0.25) is 4.90 Å². The average molecular weight is 313 g/mol. The first-order valence-corrected chi connectivity index (χ1v) is 8.08. The smallest absolute Gasteiger partial charge is 0.231 e. The first-order valence-electron chi connectivity index (χ1n) is 8.08. The first-order chi connectivity index (χ1) is 11.2. The highest BCUT2D eigenvalue weighted by atomic mass is 19.1. The number of hydrogen-bond acceptors (Lipinski definition) is 3. The van der Waals surface area contributed by atoms with Crippen LogP contribution in [0.4, 0.5) is 4.39 Å². The van der Waals surface area contributed by atoms with Crippen LogP contribution in [0, 0.1) is 5.82 Å². The number of halogens is 1. The molecule has 3 nitrogen and oxygen atoms in total. The van der Waals surface area contributed by atoms with Crippen LogP contribution in [0.15, 0.2) is 36.4 Å². The van der Waals surface area contributed by atoms with Crippen LogP contribution in [0.1, 0.15) is 29.2 Å². The summed E-state index contributed by atoms with van der Waals surface area (Å²) in [4.78, 5) is 2.40. The maximum atomic E-state index is 13.0. The molecule has 0 aromatic heterocycles. The van der Waals surface area contributed by atoms with Gasteiger partial charge in [0.05, 0.1) is 0 Å². The monoisotopic (exact) mass is 313 g/mol. The van der Waals surface area contributed by atoms with E-state index in [9.17, 15) is 4.39 Å². The molecule has 2 aliphatic heterocycles. The van der Waals surface area contributed by atoms with Crippen LogP contribution in [-0.4, -0.2) is 25.3 Å². The standard InChI is InChI=1S/C19H20FNO2/c1-21-9-8-14-10-18-19(23-12-22-18)11-16(14)17(21)7-4-13-2-5-15(20)6-3-13/h2-3,5-6,10-11,17H,4,7-9,12H2,1H3. The molecule has 0 aliphatic carbocycles. The van der Waals surface area contributed by atoms with Crippen molar-refractivity contribution in [2.24, 2.45) is 0 Å². The normalized spacial score (nSPS) is 19.7. The quantitative estimate of drug-likeness (QED) is 0.862. The van der Waals surface area contributed by atoms with Gasteiger partial charge in [0.25, 0.3) is 0 Å². The minimum atomic E-state index is -0.179. The Labute approximate surface area is 135 Å². The maximum Gasteiger partial charge on any atom is 0.231 e. The molecule has 0 bridgehead atoms. The fourth-order valence-corrected chi connectivity index (χ4v) is 3.55. The number of rotatable bonds is 3. The van der Waals surface area contributed by atoms with E-state index in [1.807, 2.05) is 12.1 Å². The van der Waals surface area contributed by atoms with E-state index in [-0.39, 0.29) is 5.82 Å². The summed E-state index contributed by atoms with van der Waals surface area (Å²) in [5.74, 6) is 1.54. The Balaban J connectivity index is 1.57. The van der Waals surface area contributed by atoms with Crippen LogP contribution in [0.5, 0.6) is 11.5 Å². The van der Waals surface area contributed by atoms with Crippen molar-refractivity contribution in [1.82, 2.24) is 4.90 Å². The van der Waals surface area contributed by atoms with Crippen molar-refractivity contribution in [3.05, 3.63) is 58.9 Å². The zero-order valence-electron chi connectivity index (χ0n) is 13.2. The lowest BCUT2D eigenvalue weighted by atomic mass is 9.89. The Hall–Kier alpha value is -2.07. The molecule has 0 saturated carbocycles. The zero-order valence-corrected chi connectivity index (χ0v) is 13.2. The van der Waals surface area contributed by atoms with Crippen LogP contribution in [0.3, 0.4) is 0 Å². The predicted octanol–water partition coefficient (Wildman–Crippen LogP) is 3.72. The SMILES string of the molecule is CN1CCc2cc3c(cc2C1CCc1ccc(F)cc1)OCO3. The summed E-state index contributed by atoms with van der Waals surface area (Å²) in [7, 11) is 2.17. The molecule has 0 spiro atoms. The first kappa shape index (κ1) is 14.5. The number of nitrogens with zero attached hydrogens (tertiary/aromatic N) is 1. The molecule has 2 heterocycles. The van der Waals surface area contributed by atoms with Crippen molar-refractivity contribution >= 4 is 0 Å². The molecule has 4 heteroatoms. The minimum absolute atomic E-state index is 0.179. The summed E-state index contributed by atoms with van der Waals surface area (Å²) in [6.45, 7) is 1.36. The van der Waals surface area contributed by atoms with Crippen LogP contribution >= 0.6 is 0 Å². The molecule has 0 radical (unpaired) electrons. The molecular formula is C19H20FNO2.